The first-order valence-electron chi connectivity index (χ1n) is 7.98. The number of hydrogen-bond donors (Lipinski definition) is 0. The second-order valence-electron chi connectivity index (χ2n) is 6.27. The van der Waals surface area contributed by atoms with Crippen molar-refractivity contribution in [3.05, 3.63) is 52.2 Å². The quantitative estimate of drug-likeness (QED) is 0.856. The molecule has 2 aromatic rings. The molecule has 23 heavy (non-hydrogen) atoms. The minimum Gasteiger partial charge on any atom is -0.292 e. The molecule has 0 aliphatic carbocycles. The van der Waals surface area contributed by atoms with Gasteiger partial charge in [-0.3, -0.25) is 4.90 Å². The molecule has 4 nitrogen and oxygen atoms in total. The molecule has 1 fully saturated rings. The van der Waals surface area contributed by atoms with Crippen LogP contribution >= 0.6 is 11.3 Å². The van der Waals surface area contributed by atoms with Gasteiger partial charge in [0.05, 0.1) is 4.90 Å². The lowest BCUT2D eigenvalue weighted by atomic mass is 10.1. The summed E-state index contributed by atoms with van der Waals surface area (Å²) in [4.78, 5) is 2.94. The van der Waals surface area contributed by atoms with E-state index in [0.717, 1.165) is 25.9 Å². The molecule has 4 rings (SSSR count). The molecule has 2 aliphatic heterocycles. The average Bonchev–Trinajstić information content (AvgIpc) is 3.24. The maximum absolute atomic E-state index is 12.6. The Labute approximate surface area is 141 Å². The zero-order chi connectivity index (χ0) is 15.9. The molecule has 0 N–H and O–H groups in total. The minimum absolute atomic E-state index is 0.439. The molecule has 1 saturated heterocycles. The summed E-state index contributed by atoms with van der Waals surface area (Å²) in [5.41, 5.74) is 2.83. The van der Waals surface area contributed by atoms with Crippen LogP contribution in [0.1, 0.15) is 24.0 Å². The van der Waals surface area contributed by atoms with Gasteiger partial charge < -0.3 is 0 Å². The predicted molar refractivity (Wildman–Crippen MR) is 91.8 cm³/mol. The van der Waals surface area contributed by atoms with Crippen LogP contribution in [0.5, 0.6) is 0 Å². The number of benzene rings is 1. The van der Waals surface area contributed by atoms with Crippen molar-refractivity contribution in [2.75, 3.05) is 13.1 Å². The van der Waals surface area contributed by atoms with E-state index in [4.69, 9.17) is 0 Å². The first-order valence-corrected chi connectivity index (χ1v) is 10.4. The summed E-state index contributed by atoms with van der Waals surface area (Å²) < 4.78 is 26.8. The van der Waals surface area contributed by atoms with Crippen molar-refractivity contribution in [1.29, 1.82) is 0 Å². The number of piperidine rings is 1. The Morgan fingerprint density at radius 1 is 1.00 bits per heavy atom. The molecule has 1 aromatic carbocycles. The van der Waals surface area contributed by atoms with Crippen molar-refractivity contribution < 1.29 is 8.42 Å². The molecule has 0 radical (unpaired) electrons. The summed E-state index contributed by atoms with van der Waals surface area (Å²) in [6.07, 6.45) is 1.83. The van der Waals surface area contributed by atoms with E-state index in [1.165, 1.54) is 22.5 Å². The number of sulfonamides is 1. The van der Waals surface area contributed by atoms with Gasteiger partial charge >= 0.3 is 0 Å². The van der Waals surface area contributed by atoms with Gasteiger partial charge in [0.1, 0.15) is 0 Å². The van der Waals surface area contributed by atoms with E-state index in [2.05, 4.69) is 29.2 Å². The first-order chi connectivity index (χ1) is 11.1. The second-order valence-corrected chi connectivity index (χ2v) is 8.99. The van der Waals surface area contributed by atoms with E-state index < -0.39 is 10.0 Å². The van der Waals surface area contributed by atoms with Crippen LogP contribution in [-0.2, 0) is 23.1 Å². The Kier molecular flexibility index (Phi) is 4.01. The molecule has 0 atom stereocenters. The molecule has 0 saturated carbocycles. The van der Waals surface area contributed by atoms with Gasteiger partial charge in [-0.05, 0) is 35.4 Å². The third kappa shape index (κ3) is 2.85. The van der Waals surface area contributed by atoms with Crippen LogP contribution in [0.15, 0.2) is 46.0 Å². The number of fused-ring (bicyclic) bond motifs is 1. The zero-order valence-electron chi connectivity index (χ0n) is 12.9. The molecule has 2 aliphatic rings. The largest absolute Gasteiger partial charge is 0.292 e. The fraction of sp³-hybridized carbons (Fsp3) is 0.412. The highest BCUT2D eigenvalue weighted by molar-refractivity contribution is 7.89. The highest BCUT2D eigenvalue weighted by Crippen LogP contribution is 2.30. The summed E-state index contributed by atoms with van der Waals surface area (Å²) in [5.74, 6) is 0. The van der Waals surface area contributed by atoms with Crippen LogP contribution in [-0.4, -0.2) is 36.8 Å². The van der Waals surface area contributed by atoms with E-state index >= 15 is 0 Å². The molecule has 122 valence electrons. The number of rotatable bonds is 3. The third-order valence-corrected chi connectivity index (χ3v) is 7.67. The van der Waals surface area contributed by atoms with Gasteiger partial charge in [-0.25, -0.2) is 8.42 Å². The Balaban J connectivity index is 1.41. The van der Waals surface area contributed by atoms with Crippen molar-refractivity contribution >= 4 is 21.4 Å². The summed E-state index contributed by atoms with van der Waals surface area (Å²) in [6.45, 7) is 3.24. The summed E-state index contributed by atoms with van der Waals surface area (Å²) in [7, 11) is -3.29. The highest BCUT2D eigenvalue weighted by atomic mass is 32.2. The van der Waals surface area contributed by atoms with E-state index in [1.807, 2.05) is 5.38 Å². The van der Waals surface area contributed by atoms with Gasteiger partial charge in [0, 0.05) is 37.6 Å². The average molecular weight is 348 g/mol. The van der Waals surface area contributed by atoms with E-state index in [9.17, 15) is 8.42 Å². The Hall–Kier alpha value is -1.21. The number of hydrogen-bond acceptors (Lipinski definition) is 4. The topological polar surface area (TPSA) is 40.6 Å². The monoisotopic (exact) mass is 348 g/mol. The molecule has 0 bridgehead atoms. The summed E-state index contributed by atoms with van der Waals surface area (Å²) >= 11 is 1.43. The third-order valence-electron chi connectivity index (χ3n) is 4.94. The summed E-state index contributed by atoms with van der Waals surface area (Å²) in [5, 5.41) is 3.54. The van der Waals surface area contributed by atoms with E-state index in [0.29, 0.717) is 24.0 Å². The fourth-order valence-electron chi connectivity index (χ4n) is 3.61. The molecule has 3 heterocycles. The van der Waals surface area contributed by atoms with Crippen LogP contribution in [0.25, 0.3) is 0 Å². The van der Waals surface area contributed by atoms with Crippen molar-refractivity contribution in [1.82, 2.24) is 9.21 Å². The smallest absolute Gasteiger partial charge is 0.243 e. The Morgan fingerprint density at radius 3 is 2.22 bits per heavy atom. The van der Waals surface area contributed by atoms with Gasteiger partial charge in [-0.15, -0.1) is 0 Å². The van der Waals surface area contributed by atoms with Gasteiger partial charge in [-0.2, -0.15) is 15.6 Å². The normalized spacial score (nSPS) is 20.7. The number of thiophene rings is 1. The van der Waals surface area contributed by atoms with E-state index in [1.54, 1.807) is 15.8 Å². The maximum Gasteiger partial charge on any atom is 0.243 e. The van der Waals surface area contributed by atoms with Gasteiger partial charge in [0.15, 0.2) is 0 Å². The molecule has 1 aromatic heterocycles. The fourth-order valence-corrected chi connectivity index (χ4v) is 6.10. The lowest BCUT2D eigenvalue weighted by Gasteiger charge is -2.35. The van der Waals surface area contributed by atoms with Crippen molar-refractivity contribution in [2.24, 2.45) is 0 Å². The van der Waals surface area contributed by atoms with Crippen LogP contribution in [0.3, 0.4) is 0 Å². The lowest BCUT2D eigenvalue weighted by molar-refractivity contribution is 0.139. The number of nitrogens with zero attached hydrogens (tertiary/aromatic N) is 2. The molecule has 0 unspecified atom stereocenters. The van der Waals surface area contributed by atoms with Crippen LogP contribution < -0.4 is 0 Å². The molecule has 0 spiro atoms. The zero-order valence-corrected chi connectivity index (χ0v) is 14.5. The molecular formula is C17H20N2O2S2. The van der Waals surface area contributed by atoms with Crippen molar-refractivity contribution in [3.63, 3.8) is 0 Å². The SMILES string of the molecule is O=S(=O)(c1ccsc1)N1CCC(N2Cc3ccccc3C2)CC1. The van der Waals surface area contributed by atoms with Gasteiger partial charge in [0.25, 0.3) is 0 Å². The van der Waals surface area contributed by atoms with Crippen molar-refractivity contribution in [3.8, 4) is 0 Å². The standard InChI is InChI=1S/C17H20N2O2S2/c20-23(21,17-7-10-22-13-17)19-8-5-16(6-9-19)18-11-14-3-1-2-4-15(14)12-18/h1-4,7,10,13,16H,5-6,8-9,11-12H2. The first kappa shape index (κ1) is 15.3. The Bertz CT molecular complexity index is 754. The van der Waals surface area contributed by atoms with Gasteiger partial charge in [0.2, 0.25) is 10.0 Å². The van der Waals surface area contributed by atoms with Gasteiger partial charge in [-0.1, -0.05) is 24.3 Å². The van der Waals surface area contributed by atoms with E-state index in [-0.39, 0.29) is 0 Å². The maximum atomic E-state index is 12.6. The Morgan fingerprint density at radius 2 is 1.65 bits per heavy atom. The van der Waals surface area contributed by atoms with Crippen molar-refractivity contribution in [2.45, 2.75) is 36.9 Å². The predicted octanol–water partition coefficient (Wildman–Crippen LogP) is 2.92. The van der Waals surface area contributed by atoms with Crippen LogP contribution in [0, 0.1) is 0 Å². The second kappa shape index (κ2) is 6.02. The summed E-state index contributed by atoms with van der Waals surface area (Å²) in [6, 6.07) is 10.8. The lowest BCUT2D eigenvalue weighted by Crippen LogP contribution is -2.45. The van der Waals surface area contributed by atoms with Crippen LogP contribution in [0.4, 0.5) is 0 Å². The van der Waals surface area contributed by atoms with Crippen LogP contribution in [0.2, 0.25) is 0 Å². The minimum atomic E-state index is -3.29. The highest BCUT2D eigenvalue weighted by Gasteiger charge is 2.33. The molecular weight excluding hydrogens is 328 g/mol. The molecule has 6 heteroatoms. The molecule has 0 amide bonds.